The third kappa shape index (κ3) is 4.46. The summed E-state index contributed by atoms with van der Waals surface area (Å²) in [6.07, 6.45) is -1.03. The molecule has 0 unspecified atom stereocenters. The van der Waals surface area contributed by atoms with Crippen molar-refractivity contribution in [2.45, 2.75) is 12.5 Å². The summed E-state index contributed by atoms with van der Waals surface area (Å²) in [5, 5.41) is 0. The number of ether oxygens (including phenoxy) is 2. The molecule has 1 aliphatic rings. The molecule has 0 radical (unpaired) electrons. The molecular weight excluding hydrogens is 252 g/mol. The summed E-state index contributed by atoms with van der Waals surface area (Å²) in [7, 11) is -2.57. The van der Waals surface area contributed by atoms with E-state index in [2.05, 4.69) is 9.92 Å². The Morgan fingerprint density at radius 3 is 2.82 bits per heavy atom. The molecule has 0 aliphatic carbocycles. The first-order valence-electron chi connectivity index (χ1n) is 5.05. The lowest BCUT2D eigenvalue weighted by Crippen LogP contribution is -2.37. The van der Waals surface area contributed by atoms with E-state index in [-0.39, 0.29) is 25.8 Å². The number of methoxy groups -OCH3 is 1. The summed E-state index contributed by atoms with van der Waals surface area (Å²) in [5.74, 6) is 0. The fourth-order valence-electron chi connectivity index (χ4n) is 1.50. The van der Waals surface area contributed by atoms with E-state index in [0.717, 1.165) is 4.31 Å². The van der Waals surface area contributed by atoms with E-state index in [1.807, 2.05) is 0 Å². The lowest BCUT2D eigenvalue weighted by atomic mass is 10.3. The van der Waals surface area contributed by atoms with Crippen molar-refractivity contribution in [1.29, 1.82) is 0 Å². The molecule has 8 nitrogen and oxygen atoms in total. The van der Waals surface area contributed by atoms with E-state index < -0.39 is 16.4 Å². The van der Waals surface area contributed by atoms with E-state index in [0.29, 0.717) is 13.0 Å². The average Bonchev–Trinajstić information content (AvgIpc) is 2.42. The molecule has 2 N–H and O–H groups in total. The van der Waals surface area contributed by atoms with Gasteiger partial charge in [0.2, 0.25) is 0 Å². The van der Waals surface area contributed by atoms with Crippen molar-refractivity contribution in [3.63, 3.8) is 0 Å². The Balaban J connectivity index is 2.59. The standard InChI is InChI=1S/C8H16N2O6S/c1-14-6-7-2-3-10(4-5-15-7)17(12,13)16-8(9)11/h7H,2-6H2,1H3,(H2,9,11)/t7-/m0/s1. The van der Waals surface area contributed by atoms with Crippen LogP contribution in [0.4, 0.5) is 4.79 Å². The van der Waals surface area contributed by atoms with Crippen LogP contribution in [-0.4, -0.2) is 58.3 Å². The largest absolute Gasteiger partial charge is 0.421 e. The van der Waals surface area contributed by atoms with Crippen LogP contribution in [0.2, 0.25) is 0 Å². The number of nitrogens with zero attached hydrogens (tertiary/aromatic N) is 1. The van der Waals surface area contributed by atoms with Crippen LogP contribution in [0.5, 0.6) is 0 Å². The second kappa shape index (κ2) is 6.15. The van der Waals surface area contributed by atoms with Crippen LogP contribution in [0, 0.1) is 0 Å². The number of carbonyl (C=O) groups excluding carboxylic acids is 1. The van der Waals surface area contributed by atoms with Crippen LogP contribution in [0.1, 0.15) is 6.42 Å². The second-order valence-electron chi connectivity index (χ2n) is 3.50. The van der Waals surface area contributed by atoms with Crippen molar-refractivity contribution in [2.75, 3.05) is 33.4 Å². The summed E-state index contributed by atoms with van der Waals surface area (Å²) in [6, 6.07) is 0. The maximum absolute atomic E-state index is 11.5. The smallest absolute Gasteiger partial charge is 0.382 e. The lowest BCUT2D eigenvalue weighted by molar-refractivity contribution is 0.00557. The summed E-state index contributed by atoms with van der Waals surface area (Å²) < 4.78 is 38.5. The van der Waals surface area contributed by atoms with Crippen LogP contribution < -0.4 is 5.73 Å². The van der Waals surface area contributed by atoms with Gasteiger partial charge in [0.15, 0.2) is 0 Å². The molecule has 0 bridgehead atoms. The van der Waals surface area contributed by atoms with Gasteiger partial charge >= 0.3 is 16.4 Å². The first-order chi connectivity index (χ1) is 7.95. The third-order valence-electron chi connectivity index (χ3n) is 2.25. The number of amides is 1. The predicted octanol–water partition coefficient (Wildman–Crippen LogP) is -0.936. The molecular formula is C8H16N2O6S. The minimum absolute atomic E-state index is 0.121. The van der Waals surface area contributed by atoms with Gasteiger partial charge in [-0.2, -0.15) is 12.7 Å². The highest BCUT2D eigenvalue weighted by Crippen LogP contribution is 2.12. The molecule has 0 aromatic rings. The molecule has 9 heteroatoms. The van der Waals surface area contributed by atoms with Crippen LogP contribution in [0.15, 0.2) is 0 Å². The molecule has 100 valence electrons. The predicted molar refractivity (Wildman–Crippen MR) is 57.4 cm³/mol. The molecule has 1 heterocycles. The minimum Gasteiger partial charge on any atom is -0.382 e. The Hall–Kier alpha value is -0.900. The Morgan fingerprint density at radius 2 is 2.24 bits per heavy atom. The zero-order chi connectivity index (χ0) is 12.9. The van der Waals surface area contributed by atoms with E-state index in [4.69, 9.17) is 9.47 Å². The van der Waals surface area contributed by atoms with Gasteiger partial charge in [-0.1, -0.05) is 0 Å². The summed E-state index contributed by atoms with van der Waals surface area (Å²) in [4.78, 5) is 10.5. The van der Waals surface area contributed by atoms with Gasteiger partial charge < -0.3 is 19.4 Å². The van der Waals surface area contributed by atoms with Crippen molar-refractivity contribution in [2.24, 2.45) is 5.73 Å². The van der Waals surface area contributed by atoms with Crippen LogP contribution >= 0.6 is 0 Å². The first-order valence-corrected chi connectivity index (χ1v) is 6.41. The van der Waals surface area contributed by atoms with Crippen molar-refractivity contribution >= 4 is 16.4 Å². The average molecular weight is 268 g/mol. The normalized spacial score (nSPS) is 23.0. The van der Waals surface area contributed by atoms with Crippen molar-refractivity contribution in [3.8, 4) is 0 Å². The topological polar surface area (TPSA) is 108 Å². The van der Waals surface area contributed by atoms with E-state index >= 15 is 0 Å². The molecule has 1 saturated heterocycles. The highest BCUT2D eigenvalue weighted by Gasteiger charge is 2.28. The highest BCUT2D eigenvalue weighted by atomic mass is 32.2. The maximum Gasteiger partial charge on any atom is 0.421 e. The number of hydrogen-bond acceptors (Lipinski definition) is 6. The summed E-state index contributed by atoms with van der Waals surface area (Å²) in [6.45, 7) is 0.930. The molecule has 0 aromatic carbocycles. The Labute approximate surface area is 99.9 Å². The van der Waals surface area contributed by atoms with Gasteiger partial charge in [-0.15, -0.1) is 0 Å². The van der Waals surface area contributed by atoms with Gasteiger partial charge in [-0.3, -0.25) is 0 Å². The van der Waals surface area contributed by atoms with Crippen molar-refractivity contribution in [1.82, 2.24) is 4.31 Å². The third-order valence-corrected chi connectivity index (χ3v) is 3.62. The maximum atomic E-state index is 11.5. The summed E-state index contributed by atoms with van der Waals surface area (Å²) >= 11 is 0. The zero-order valence-corrected chi connectivity index (χ0v) is 10.3. The van der Waals surface area contributed by atoms with Gasteiger partial charge in [0.1, 0.15) is 0 Å². The second-order valence-corrected chi connectivity index (χ2v) is 5.03. The molecule has 1 amide bonds. The monoisotopic (exact) mass is 268 g/mol. The number of nitrogens with two attached hydrogens (primary N) is 1. The fourth-order valence-corrected chi connectivity index (χ4v) is 2.44. The van der Waals surface area contributed by atoms with Crippen molar-refractivity contribution in [3.05, 3.63) is 0 Å². The Kier molecular flexibility index (Phi) is 5.12. The summed E-state index contributed by atoms with van der Waals surface area (Å²) in [5.41, 5.74) is 4.68. The molecule has 1 atom stereocenters. The minimum atomic E-state index is -4.11. The molecule has 1 rings (SSSR count). The van der Waals surface area contributed by atoms with Crippen LogP contribution in [0.3, 0.4) is 0 Å². The molecule has 0 spiro atoms. The fraction of sp³-hybridized carbons (Fsp3) is 0.875. The van der Waals surface area contributed by atoms with Gasteiger partial charge in [-0.05, 0) is 6.42 Å². The van der Waals surface area contributed by atoms with Crippen LogP contribution in [0.25, 0.3) is 0 Å². The number of hydrogen-bond donors (Lipinski definition) is 1. The molecule has 1 fully saturated rings. The van der Waals surface area contributed by atoms with Gasteiger partial charge in [0, 0.05) is 20.2 Å². The number of primary amides is 1. The SMILES string of the molecule is COC[C@@H]1CCN(S(=O)(=O)OC(N)=O)CCO1. The van der Waals surface area contributed by atoms with Crippen molar-refractivity contribution < 1.29 is 26.9 Å². The van der Waals surface area contributed by atoms with Gasteiger partial charge in [-0.25, -0.2) is 4.79 Å². The number of carbonyl (C=O) groups is 1. The molecule has 1 aliphatic heterocycles. The quantitative estimate of drug-likeness (QED) is 0.705. The van der Waals surface area contributed by atoms with E-state index in [1.165, 1.54) is 0 Å². The van der Waals surface area contributed by atoms with E-state index in [9.17, 15) is 13.2 Å². The highest BCUT2D eigenvalue weighted by molar-refractivity contribution is 7.84. The first kappa shape index (κ1) is 14.2. The van der Waals surface area contributed by atoms with Crippen LogP contribution in [-0.2, 0) is 24.0 Å². The molecule has 0 aromatic heterocycles. The molecule has 0 saturated carbocycles. The zero-order valence-electron chi connectivity index (χ0n) is 9.50. The van der Waals surface area contributed by atoms with E-state index in [1.54, 1.807) is 7.11 Å². The Bertz CT molecular complexity index is 357. The Morgan fingerprint density at radius 1 is 1.53 bits per heavy atom. The molecule has 17 heavy (non-hydrogen) atoms. The van der Waals surface area contributed by atoms with Gasteiger partial charge in [0.25, 0.3) is 0 Å². The lowest BCUT2D eigenvalue weighted by Gasteiger charge is -2.17. The number of rotatable bonds is 4. The van der Waals surface area contributed by atoms with Gasteiger partial charge in [0.05, 0.1) is 19.3 Å².